The van der Waals surface area contributed by atoms with Gasteiger partial charge in [-0.05, 0) is 36.8 Å². The van der Waals surface area contributed by atoms with Gasteiger partial charge in [0.2, 0.25) is 0 Å². The molecule has 7 heteroatoms. The topological polar surface area (TPSA) is 109 Å². The summed E-state index contributed by atoms with van der Waals surface area (Å²) in [6.45, 7) is 1.82. The molecule has 0 radical (unpaired) electrons. The van der Waals surface area contributed by atoms with E-state index < -0.39 is 10.0 Å². The molecular formula is C13H12N4O2S. The fourth-order valence-electron chi connectivity index (χ4n) is 1.65. The van der Waals surface area contributed by atoms with Crippen molar-refractivity contribution in [2.24, 2.45) is 0 Å². The van der Waals surface area contributed by atoms with Crippen LogP contribution in [-0.2, 0) is 10.0 Å². The molecule has 0 fully saturated rings. The van der Waals surface area contributed by atoms with Gasteiger partial charge in [-0.3, -0.25) is 4.72 Å². The normalized spacial score (nSPS) is 10.8. The van der Waals surface area contributed by atoms with Gasteiger partial charge >= 0.3 is 0 Å². The van der Waals surface area contributed by atoms with Crippen molar-refractivity contribution in [3.05, 3.63) is 47.8 Å². The number of pyridine rings is 1. The van der Waals surface area contributed by atoms with E-state index in [4.69, 9.17) is 11.0 Å². The maximum atomic E-state index is 12.3. The van der Waals surface area contributed by atoms with Gasteiger partial charge in [0.15, 0.2) is 5.69 Å². The van der Waals surface area contributed by atoms with Gasteiger partial charge in [0, 0.05) is 6.20 Å². The third-order valence-electron chi connectivity index (χ3n) is 2.62. The molecule has 6 nitrogen and oxygen atoms in total. The third-order valence-corrected chi connectivity index (χ3v) is 4.02. The molecule has 1 aromatic carbocycles. The predicted octanol–water partition coefficient (Wildman–Crippen LogP) is 1.64. The van der Waals surface area contributed by atoms with Crippen molar-refractivity contribution in [2.45, 2.75) is 11.8 Å². The summed E-state index contributed by atoms with van der Waals surface area (Å²) in [5.41, 5.74) is 7.02. The summed E-state index contributed by atoms with van der Waals surface area (Å²) in [4.78, 5) is 3.56. The number of benzene rings is 1. The Labute approximate surface area is 116 Å². The maximum absolute atomic E-state index is 12.3. The molecule has 2 rings (SSSR count). The predicted molar refractivity (Wildman–Crippen MR) is 75.4 cm³/mol. The number of anilines is 2. The van der Waals surface area contributed by atoms with Gasteiger partial charge < -0.3 is 5.73 Å². The molecular weight excluding hydrogens is 276 g/mol. The quantitative estimate of drug-likeness (QED) is 0.834. The summed E-state index contributed by atoms with van der Waals surface area (Å²) >= 11 is 0. The number of nitrogens with zero attached hydrogens (tertiary/aromatic N) is 2. The van der Waals surface area contributed by atoms with Gasteiger partial charge in [0.05, 0.1) is 11.4 Å². The van der Waals surface area contributed by atoms with Crippen molar-refractivity contribution in [3.63, 3.8) is 0 Å². The second kappa shape index (κ2) is 5.19. The lowest BCUT2D eigenvalue weighted by Crippen LogP contribution is -2.16. The Hall–Kier alpha value is -2.59. The molecule has 0 spiro atoms. The monoisotopic (exact) mass is 288 g/mol. The summed E-state index contributed by atoms with van der Waals surface area (Å²) in [6, 6.07) is 9.53. The molecule has 0 atom stereocenters. The summed E-state index contributed by atoms with van der Waals surface area (Å²) in [6.07, 6.45) is 1.36. The Morgan fingerprint density at radius 2 is 2.10 bits per heavy atom. The maximum Gasteiger partial charge on any atom is 0.264 e. The lowest BCUT2D eigenvalue weighted by Gasteiger charge is -2.11. The highest BCUT2D eigenvalue weighted by atomic mass is 32.2. The number of rotatable bonds is 3. The van der Waals surface area contributed by atoms with Crippen LogP contribution in [0.3, 0.4) is 0 Å². The zero-order chi connectivity index (χ0) is 14.8. The molecule has 0 aliphatic heterocycles. The Morgan fingerprint density at radius 3 is 2.80 bits per heavy atom. The minimum atomic E-state index is -3.91. The molecule has 1 heterocycles. The van der Waals surface area contributed by atoms with Crippen LogP contribution in [0.2, 0.25) is 0 Å². The Bertz CT molecular complexity index is 794. The molecule has 0 saturated carbocycles. The minimum Gasteiger partial charge on any atom is -0.397 e. The minimum absolute atomic E-state index is 0.161. The SMILES string of the molecule is Cc1ccc(N)c(NS(=O)(=O)c2cccnc2C#N)c1. The number of hydrogen-bond acceptors (Lipinski definition) is 5. The van der Waals surface area contributed by atoms with E-state index in [1.165, 1.54) is 18.3 Å². The van der Waals surface area contributed by atoms with Crippen molar-refractivity contribution in [1.29, 1.82) is 5.26 Å². The molecule has 0 saturated heterocycles. The van der Waals surface area contributed by atoms with E-state index in [0.29, 0.717) is 5.69 Å². The average molecular weight is 288 g/mol. The van der Waals surface area contributed by atoms with Crippen molar-refractivity contribution in [1.82, 2.24) is 4.98 Å². The van der Waals surface area contributed by atoms with E-state index in [2.05, 4.69) is 9.71 Å². The Morgan fingerprint density at radius 1 is 1.35 bits per heavy atom. The van der Waals surface area contributed by atoms with E-state index in [1.807, 2.05) is 6.92 Å². The van der Waals surface area contributed by atoms with Crippen LogP contribution in [0.1, 0.15) is 11.3 Å². The van der Waals surface area contributed by atoms with Crippen LogP contribution in [-0.4, -0.2) is 13.4 Å². The summed E-state index contributed by atoms with van der Waals surface area (Å²) in [7, 11) is -3.91. The molecule has 3 N–H and O–H groups in total. The number of sulfonamides is 1. The molecule has 20 heavy (non-hydrogen) atoms. The molecule has 1 aromatic heterocycles. The molecule has 0 aliphatic carbocycles. The van der Waals surface area contributed by atoms with Crippen molar-refractivity contribution >= 4 is 21.4 Å². The van der Waals surface area contributed by atoms with Crippen LogP contribution < -0.4 is 10.5 Å². The number of nitrogens with two attached hydrogens (primary N) is 1. The molecule has 0 bridgehead atoms. The lowest BCUT2D eigenvalue weighted by molar-refractivity contribution is 0.600. The van der Waals surface area contributed by atoms with Gasteiger partial charge in [-0.1, -0.05) is 6.07 Å². The molecule has 102 valence electrons. The fraction of sp³-hybridized carbons (Fsp3) is 0.0769. The van der Waals surface area contributed by atoms with Crippen LogP contribution in [0.5, 0.6) is 0 Å². The highest BCUT2D eigenvalue weighted by molar-refractivity contribution is 7.92. The van der Waals surface area contributed by atoms with E-state index in [9.17, 15) is 8.42 Å². The first-order chi connectivity index (χ1) is 9.44. The number of nitrogens with one attached hydrogen (secondary N) is 1. The first-order valence-electron chi connectivity index (χ1n) is 5.68. The number of nitrogen functional groups attached to an aromatic ring is 1. The van der Waals surface area contributed by atoms with Crippen LogP contribution in [0.15, 0.2) is 41.4 Å². The molecule has 0 unspecified atom stereocenters. The number of aryl methyl sites for hydroxylation is 1. The Kier molecular flexibility index (Phi) is 3.59. The molecule has 0 aliphatic rings. The lowest BCUT2D eigenvalue weighted by atomic mass is 10.2. The van der Waals surface area contributed by atoms with Gasteiger partial charge in [-0.2, -0.15) is 5.26 Å². The van der Waals surface area contributed by atoms with Gasteiger partial charge in [-0.15, -0.1) is 0 Å². The Balaban J connectivity index is 2.47. The van der Waals surface area contributed by atoms with Gasteiger partial charge in [0.1, 0.15) is 11.0 Å². The van der Waals surface area contributed by atoms with E-state index >= 15 is 0 Å². The van der Waals surface area contributed by atoms with Crippen molar-refractivity contribution < 1.29 is 8.42 Å². The average Bonchev–Trinajstić information content (AvgIpc) is 2.42. The van der Waals surface area contributed by atoms with E-state index in [1.54, 1.807) is 24.3 Å². The number of nitriles is 1. The molecule has 0 amide bonds. The van der Waals surface area contributed by atoms with Crippen LogP contribution in [0, 0.1) is 18.3 Å². The standard InChI is InChI=1S/C13H12N4O2S/c1-9-4-5-10(15)11(7-9)17-20(18,19)13-3-2-6-16-12(13)8-14/h2-7,17H,15H2,1H3. The van der Waals surface area contributed by atoms with E-state index in [-0.39, 0.29) is 16.3 Å². The largest absolute Gasteiger partial charge is 0.397 e. The zero-order valence-electron chi connectivity index (χ0n) is 10.7. The number of hydrogen-bond donors (Lipinski definition) is 2. The highest BCUT2D eigenvalue weighted by Gasteiger charge is 2.20. The van der Waals surface area contributed by atoms with E-state index in [0.717, 1.165) is 5.56 Å². The third kappa shape index (κ3) is 2.70. The first kappa shape index (κ1) is 13.8. The van der Waals surface area contributed by atoms with Crippen LogP contribution in [0.4, 0.5) is 11.4 Å². The second-order valence-electron chi connectivity index (χ2n) is 4.16. The van der Waals surface area contributed by atoms with Crippen LogP contribution >= 0.6 is 0 Å². The second-order valence-corrected chi connectivity index (χ2v) is 5.81. The zero-order valence-corrected chi connectivity index (χ0v) is 11.5. The molecule has 2 aromatic rings. The van der Waals surface area contributed by atoms with Gasteiger partial charge in [0.25, 0.3) is 10.0 Å². The smallest absolute Gasteiger partial charge is 0.264 e. The fourth-order valence-corrected chi connectivity index (χ4v) is 2.84. The van der Waals surface area contributed by atoms with Crippen molar-refractivity contribution in [3.8, 4) is 6.07 Å². The van der Waals surface area contributed by atoms with Crippen molar-refractivity contribution in [2.75, 3.05) is 10.5 Å². The summed E-state index contributed by atoms with van der Waals surface area (Å²) in [5, 5.41) is 8.92. The van der Waals surface area contributed by atoms with Gasteiger partial charge in [-0.25, -0.2) is 13.4 Å². The first-order valence-corrected chi connectivity index (χ1v) is 7.16. The van der Waals surface area contributed by atoms with Crippen LogP contribution in [0.25, 0.3) is 0 Å². The number of aromatic nitrogens is 1. The summed E-state index contributed by atoms with van der Waals surface area (Å²) < 4.78 is 26.9. The summed E-state index contributed by atoms with van der Waals surface area (Å²) in [5.74, 6) is 0. The highest BCUT2D eigenvalue weighted by Crippen LogP contribution is 2.24.